The van der Waals surface area contributed by atoms with Crippen molar-refractivity contribution in [1.29, 1.82) is 0 Å². The van der Waals surface area contributed by atoms with Crippen molar-refractivity contribution >= 4 is 17.6 Å². The third-order valence-corrected chi connectivity index (χ3v) is 5.47. The lowest BCUT2D eigenvalue weighted by molar-refractivity contribution is -0.144. The van der Waals surface area contributed by atoms with Gasteiger partial charge in [-0.15, -0.1) is 0 Å². The second kappa shape index (κ2) is 14.2. The Bertz CT molecular complexity index is 1330. The Morgan fingerprint density at radius 2 is 1.20 bits per heavy atom. The summed E-state index contributed by atoms with van der Waals surface area (Å²) in [4.78, 5) is 25.1. The topological polar surface area (TPSA) is 145 Å². The Balaban J connectivity index is 1.51. The minimum absolute atomic E-state index is 0.212. The number of anilines is 2. The summed E-state index contributed by atoms with van der Waals surface area (Å²) in [5, 5.41) is 21.1. The maximum atomic E-state index is 11.2. The Morgan fingerprint density at radius 3 is 1.68 bits per heavy atom. The average Bonchev–Trinajstić information content (AvgIpc) is 2.96. The van der Waals surface area contributed by atoms with E-state index in [-0.39, 0.29) is 6.79 Å². The quantitative estimate of drug-likeness (QED) is 0.122. The molecule has 0 atom stereocenters. The normalized spacial score (nSPS) is 10.4. The highest BCUT2D eigenvalue weighted by atomic mass is 16.7. The van der Waals surface area contributed by atoms with Crippen LogP contribution in [0.3, 0.4) is 0 Å². The summed E-state index contributed by atoms with van der Waals surface area (Å²) in [5.74, 6) is 2.57. The molecule has 40 heavy (non-hydrogen) atoms. The van der Waals surface area contributed by atoms with Crippen molar-refractivity contribution < 1.29 is 34.0 Å². The second-order valence-corrected chi connectivity index (χ2v) is 8.26. The zero-order valence-corrected chi connectivity index (χ0v) is 21.5. The van der Waals surface area contributed by atoms with Crippen molar-refractivity contribution in [3.63, 3.8) is 0 Å². The molecule has 1 heterocycles. The summed E-state index contributed by atoms with van der Waals surface area (Å²) in [6.45, 7) is 2.33. The van der Waals surface area contributed by atoms with E-state index in [1.165, 1.54) is 0 Å². The number of rotatable bonds is 14. The van der Waals surface area contributed by atoms with Crippen LogP contribution in [0.4, 0.5) is 11.6 Å². The van der Waals surface area contributed by atoms with Crippen molar-refractivity contribution in [3.05, 3.63) is 108 Å². The number of aromatic nitrogens is 3. The molecule has 0 bridgehead atoms. The van der Waals surface area contributed by atoms with Crippen LogP contribution >= 0.6 is 0 Å². The molecule has 0 saturated heterocycles. The first-order valence-electron chi connectivity index (χ1n) is 12.2. The lowest BCUT2D eigenvalue weighted by Gasteiger charge is -2.11. The lowest BCUT2D eigenvalue weighted by Crippen LogP contribution is -2.09. The van der Waals surface area contributed by atoms with E-state index in [4.69, 9.17) is 29.2 Å². The van der Waals surface area contributed by atoms with Gasteiger partial charge in [-0.1, -0.05) is 30.8 Å². The van der Waals surface area contributed by atoms with Crippen LogP contribution in [0, 0.1) is 0 Å². The van der Waals surface area contributed by atoms with E-state index in [1.807, 2.05) is 24.3 Å². The number of aliphatic hydroxyl groups is 2. The van der Waals surface area contributed by atoms with Crippen LogP contribution < -0.4 is 19.5 Å². The van der Waals surface area contributed by atoms with E-state index < -0.39 is 19.6 Å². The zero-order chi connectivity index (χ0) is 28.2. The van der Waals surface area contributed by atoms with E-state index in [9.17, 15) is 4.79 Å². The molecule has 0 saturated carbocycles. The fraction of sp³-hybridized carbons (Fsp3) is 0.172. The summed E-state index contributed by atoms with van der Waals surface area (Å²) in [7, 11) is 0. The molecule has 0 aliphatic carbocycles. The molecule has 3 N–H and O–H groups in total. The van der Waals surface area contributed by atoms with Crippen LogP contribution in [0.25, 0.3) is 0 Å². The maximum absolute atomic E-state index is 11.2. The number of hydrogen-bond donors (Lipinski definition) is 3. The molecular weight excluding hydrogens is 516 g/mol. The van der Waals surface area contributed by atoms with Gasteiger partial charge in [0.05, 0.1) is 0 Å². The summed E-state index contributed by atoms with van der Waals surface area (Å²) in [6, 6.07) is 21.6. The molecule has 0 amide bonds. The van der Waals surface area contributed by atoms with Gasteiger partial charge in [0.25, 0.3) is 0 Å². The van der Waals surface area contributed by atoms with Crippen molar-refractivity contribution in [3.8, 4) is 17.2 Å². The van der Waals surface area contributed by atoms with Crippen molar-refractivity contribution in [2.24, 2.45) is 0 Å². The monoisotopic (exact) mass is 544 g/mol. The third-order valence-electron chi connectivity index (χ3n) is 5.47. The highest BCUT2D eigenvalue weighted by molar-refractivity contribution is 5.81. The highest BCUT2D eigenvalue weighted by Gasteiger charge is 2.10. The molecule has 206 valence electrons. The number of carbonyl (C=O) groups is 1. The maximum Gasteiger partial charge on any atom is 0.333 e. The van der Waals surface area contributed by atoms with Gasteiger partial charge >= 0.3 is 5.97 Å². The molecule has 4 aromatic rings. The number of ether oxygens (including phenoxy) is 4. The number of esters is 1. The van der Waals surface area contributed by atoms with Gasteiger partial charge in [-0.05, 0) is 59.7 Å². The number of nitrogens with one attached hydrogen (secondary N) is 1. The molecule has 0 fully saturated rings. The number of aliphatic hydroxyl groups excluding tert-OH is 2. The summed E-state index contributed by atoms with van der Waals surface area (Å²) in [5.41, 5.74) is 2.63. The van der Waals surface area contributed by atoms with Crippen LogP contribution in [0.5, 0.6) is 17.2 Å². The molecule has 11 nitrogen and oxygen atoms in total. The Morgan fingerprint density at radius 1 is 0.725 bits per heavy atom. The summed E-state index contributed by atoms with van der Waals surface area (Å²) in [6.07, 6.45) is 1.95. The molecule has 0 unspecified atom stereocenters. The second-order valence-electron chi connectivity index (χ2n) is 8.26. The van der Waals surface area contributed by atoms with Crippen molar-refractivity contribution in [2.45, 2.75) is 12.8 Å². The van der Waals surface area contributed by atoms with Gasteiger partial charge in [0.15, 0.2) is 13.6 Å². The average molecular weight is 545 g/mol. The largest absolute Gasteiger partial charge is 0.468 e. The Kier molecular flexibility index (Phi) is 9.97. The Hall–Kier alpha value is -5.00. The van der Waals surface area contributed by atoms with Crippen LogP contribution in [0.2, 0.25) is 0 Å². The molecule has 11 heteroatoms. The summed E-state index contributed by atoms with van der Waals surface area (Å²) < 4.78 is 20.4. The lowest BCUT2D eigenvalue weighted by atomic mass is 10.1. The molecule has 0 radical (unpaired) electrons. The van der Waals surface area contributed by atoms with E-state index in [2.05, 4.69) is 26.8 Å². The highest BCUT2D eigenvalue weighted by Crippen LogP contribution is 2.21. The molecule has 0 spiro atoms. The van der Waals surface area contributed by atoms with Crippen molar-refractivity contribution in [1.82, 2.24) is 15.0 Å². The third kappa shape index (κ3) is 8.51. The minimum Gasteiger partial charge on any atom is -0.468 e. The number of nitrogens with zero attached hydrogens (tertiary/aromatic N) is 3. The van der Waals surface area contributed by atoms with E-state index in [0.29, 0.717) is 47.7 Å². The van der Waals surface area contributed by atoms with E-state index in [0.717, 1.165) is 22.9 Å². The van der Waals surface area contributed by atoms with Crippen LogP contribution in [-0.2, 0) is 22.4 Å². The van der Waals surface area contributed by atoms with E-state index >= 15 is 0 Å². The standard InChI is InChI=1S/C29H28N4O7/c1-2-28(36)40-19-39-25-11-5-21(6-12-25)16-27-31-26(15-20-3-9-23(10-4-20)37-17-34)32-29(33-27)30-22-7-13-24(14-8-22)38-18-35/h2-14,34-35H,1,15-19H2,(H,30,31,32,33). The van der Waals surface area contributed by atoms with Gasteiger partial charge < -0.3 is 34.5 Å². The first-order chi connectivity index (χ1) is 19.5. The van der Waals surface area contributed by atoms with Crippen LogP contribution in [0.1, 0.15) is 22.8 Å². The van der Waals surface area contributed by atoms with Gasteiger partial charge in [-0.3, -0.25) is 0 Å². The van der Waals surface area contributed by atoms with Gasteiger partial charge in [0, 0.05) is 24.6 Å². The predicted molar refractivity (Wildman–Crippen MR) is 145 cm³/mol. The molecule has 3 aromatic carbocycles. The predicted octanol–water partition coefficient (Wildman–Crippen LogP) is 3.52. The number of carbonyl (C=O) groups excluding carboxylic acids is 1. The zero-order valence-electron chi connectivity index (χ0n) is 21.5. The van der Waals surface area contributed by atoms with E-state index in [1.54, 1.807) is 48.5 Å². The summed E-state index contributed by atoms with van der Waals surface area (Å²) >= 11 is 0. The van der Waals surface area contributed by atoms with Gasteiger partial charge in [-0.25, -0.2) is 9.78 Å². The van der Waals surface area contributed by atoms with Gasteiger partial charge in [0.2, 0.25) is 12.7 Å². The first kappa shape index (κ1) is 28.0. The van der Waals surface area contributed by atoms with Crippen LogP contribution in [-0.4, -0.2) is 51.5 Å². The molecule has 0 aliphatic heterocycles. The number of benzene rings is 3. The minimum atomic E-state index is -0.560. The first-order valence-corrected chi connectivity index (χ1v) is 12.2. The number of hydrogen-bond acceptors (Lipinski definition) is 11. The smallest absolute Gasteiger partial charge is 0.333 e. The fourth-order valence-corrected chi connectivity index (χ4v) is 3.58. The molecular formula is C29H28N4O7. The molecule has 0 aliphatic rings. The SMILES string of the molecule is C=CC(=O)OCOc1ccc(Cc2nc(Cc3ccc(OCO)cc3)nc(Nc3ccc(OCO)cc3)n2)cc1. The molecule has 1 aromatic heterocycles. The van der Waals surface area contributed by atoms with Crippen molar-refractivity contribution in [2.75, 3.05) is 25.7 Å². The fourth-order valence-electron chi connectivity index (χ4n) is 3.58. The van der Waals surface area contributed by atoms with Crippen LogP contribution in [0.15, 0.2) is 85.5 Å². The molecule has 4 rings (SSSR count). The van der Waals surface area contributed by atoms with Gasteiger partial charge in [0.1, 0.15) is 28.9 Å². The Labute approximate surface area is 230 Å². The van der Waals surface area contributed by atoms with Gasteiger partial charge in [-0.2, -0.15) is 9.97 Å².